The normalized spacial score (nSPS) is 11.1. The van der Waals surface area contributed by atoms with Gasteiger partial charge in [-0.1, -0.05) is 17.7 Å². The highest BCUT2D eigenvalue weighted by molar-refractivity contribution is 6.31. The van der Waals surface area contributed by atoms with E-state index in [1.807, 2.05) is 23.7 Å². The summed E-state index contributed by atoms with van der Waals surface area (Å²) in [7, 11) is 1.99. The molecule has 1 aromatic heterocycles. The van der Waals surface area contributed by atoms with Crippen LogP contribution in [-0.2, 0) is 7.05 Å². The number of aromatic nitrogens is 2. The van der Waals surface area contributed by atoms with Gasteiger partial charge in [0.1, 0.15) is 5.82 Å². The minimum atomic E-state index is 0.660. The Morgan fingerprint density at radius 3 is 2.74 bits per heavy atom. The molecule has 0 fully saturated rings. The Kier molecular flexibility index (Phi) is 2.72. The second kappa shape index (κ2) is 4.28. The van der Waals surface area contributed by atoms with E-state index in [-0.39, 0.29) is 0 Å². The van der Waals surface area contributed by atoms with Gasteiger partial charge in [-0.2, -0.15) is 0 Å². The number of aryl methyl sites for hydroxylation is 2. The van der Waals surface area contributed by atoms with Gasteiger partial charge in [-0.15, -0.1) is 0 Å². The van der Waals surface area contributed by atoms with Gasteiger partial charge in [0.2, 0.25) is 0 Å². The number of hydrogen-bond donors (Lipinski definition) is 1. The van der Waals surface area contributed by atoms with Crippen LogP contribution in [0, 0.1) is 6.92 Å². The number of nitrogens with zero attached hydrogens (tertiary/aromatic N) is 2. The van der Waals surface area contributed by atoms with Crippen molar-refractivity contribution in [1.82, 2.24) is 9.55 Å². The zero-order valence-electron chi connectivity index (χ0n) is 10.8. The van der Waals surface area contributed by atoms with Crippen molar-refractivity contribution >= 4 is 28.3 Å². The van der Waals surface area contributed by atoms with Crippen molar-refractivity contribution in [3.63, 3.8) is 0 Å². The standard InChI is InChI=1S/C15H14ClN3/c1-9-3-6-14-13(7-9)18-15(19(14)2)11-8-10(16)4-5-12(11)17/h3-8H,17H2,1-2H3. The summed E-state index contributed by atoms with van der Waals surface area (Å²) in [6.45, 7) is 2.06. The fourth-order valence-electron chi connectivity index (χ4n) is 2.27. The van der Waals surface area contributed by atoms with E-state index in [9.17, 15) is 0 Å². The Labute approximate surface area is 116 Å². The molecule has 0 radical (unpaired) electrons. The van der Waals surface area contributed by atoms with Gasteiger partial charge in [0.15, 0.2) is 0 Å². The predicted molar refractivity (Wildman–Crippen MR) is 80.3 cm³/mol. The number of nitrogen functional groups attached to an aromatic ring is 1. The smallest absolute Gasteiger partial charge is 0.143 e. The van der Waals surface area contributed by atoms with E-state index in [1.54, 1.807) is 6.07 Å². The highest BCUT2D eigenvalue weighted by atomic mass is 35.5. The summed E-state index contributed by atoms with van der Waals surface area (Å²) >= 11 is 6.05. The molecule has 0 aliphatic carbocycles. The third-order valence-corrected chi connectivity index (χ3v) is 3.53. The summed E-state index contributed by atoms with van der Waals surface area (Å²) in [5.41, 5.74) is 10.8. The Hall–Kier alpha value is -2.00. The predicted octanol–water partition coefficient (Wildman–Crippen LogP) is 3.78. The lowest BCUT2D eigenvalue weighted by atomic mass is 10.1. The Bertz CT molecular complexity index is 774. The van der Waals surface area contributed by atoms with E-state index in [4.69, 9.17) is 17.3 Å². The van der Waals surface area contributed by atoms with Crippen molar-refractivity contribution in [2.45, 2.75) is 6.92 Å². The summed E-state index contributed by atoms with van der Waals surface area (Å²) in [4.78, 5) is 4.67. The van der Waals surface area contributed by atoms with Crippen molar-refractivity contribution < 1.29 is 0 Å². The number of rotatable bonds is 1. The maximum Gasteiger partial charge on any atom is 0.143 e. The molecule has 1 heterocycles. The SMILES string of the molecule is Cc1ccc2c(c1)nc(-c1cc(Cl)ccc1N)n2C. The number of anilines is 1. The summed E-state index contributed by atoms with van der Waals surface area (Å²) < 4.78 is 2.04. The molecule has 2 aromatic carbocycles. The van der Waals surface area contributed by atoms with E-state index in [1.165, 1.54) is 5.56 Å². The number of halogens is 1. The molecule has 0 bridgehead atoms. The molecule has 3 nitrogen and oxygen atoms in total. The molecule has 2 N–H and O–H groups in total. The van der Waals surface area contributed by atoms with Crippen LogP contribution in [-0.4, -0.2) is 9.55 Å². The quantitative estimate of drug-likeness (QED) is 0.685. The van der Waals surface area contributed by atoms with Gasteiger partial charge in [0, 0.05) is 23.3 Å². The summed E-state index contributed by atoms with van der Waals surface area (Å²) in [6.07, 6.45) is 0. The highest BCUT2D eigenvalue weighted by Crippen LogP contribution is 2.30. The summed E-state index contributed by atoms with van der Waals surface area (Å²) in [5.74, 6) is 0.834. The minimum absolute atomic E-state index is 0.660. The first kappa shape index (κ1) is 12.1. The van der Waals surface area contributed by atoms with Crippen molar-refractivity contribution in [3.05, 3.63) is 47.0 Å². The molecule has 0 aliphatic heterocycles. The third kappa shape index (κ3) is 1.96. The lowest BCUT2D eigenvalue weighted by Gasteiger charge is -2.06. The lowest BCUT2D eigenvalue weighted by molar-refractivity contribution is 0.960. The highest BCUT2D eigenvalue weighted by Gasteiger charge is 2.12. The number of fused-ring (bicyclic) bond motifs is 1. The van der Waals surface area contributed by atoms with Gasteiger partial charge in [-0.25, -0.2) is 4.98 Å². The minimum Gasteiger partial charge on any atom is -0.398 e. The van der Waals surface area contributed by atoms with Crippen molar-refractivity contribution in [1.29, 1.82) is 0 Å². The third-order valence-electron chi connectivity index (χ3n) is 3.29. The molecular formula is C15H14ClN3. The van der Waals surface area contributed by atoms with Crippen LogP contribution in [0.5, 0.6) is 0 Å². The fourth-order valence-corrected chi connectivity index (χ4v) is 2.44. The van der Waals surface area contributed by atoms with Crippen LogP contribution in [0.1, 0.15) is 5.56 Å². The number of imidazole rings is 1. The van der Waals surface area contributed by atoms with Gasteiger partial charge >= 0.3 is 0 Å². The summed E-state index contributed by atoms with van der Waals surface area (Å²) in [5, 5.41) is 0.660. The molecule has 3 aromatic rings. The molecule has 0 aliphatic rings. The zero-order valence-corrected chi connectivity index (χ0v) is 11.6. The Morgan fingerprint density at radius 2 is 1.95 bits per heavy atom. The molecule has 0 unspecified atom stereocenters. The molecule has 0 atom stereocenters. The molecule has 19 heavy (non-hydrogen) atoms. The largest absolute Gasteiger partial charge is 0.398 e. The second-order valence-electron chi connectivity index (χ2n) is 4.72. The number of nitrogens with two attached hydrogens (primary N) is 1. The van der Waals surface area contributed by atoms with Gasteiger partial charge in [-0.05, 0) is 42.8 Å². The first-order valence-corrected chi connectivity index (χ1v) is 6.42. The average molecular weight is 272 g/mol. The van der Waals surface area contributed by atoms with Crippen LogP contribution < -0.4 is 5.73 Å². The van der Waals surface area contributed by atoms with E-state index in [0.29, 0.717) is 10.7 Å². The fraction of sp³-hybridized carbons (Fsp3) is 0.133. The monoisotopic (exact) mass is 271 g/mol. The molecular weight excluding hydrogens is 258 g/mol. The molecule has 96 valence electrons. The maximum absolute atomic E-state index is 6.05. The molecule has 4 heteroatoms. The topological polar surface area (TPSA) is 43.8 Å². The van der Waals surface area contributed by atoms with E-state index in [2.05, 4.69) is 30.1 Å². The van der Waals surface area contributed by atoms with E-state index < -0.39 is 0 Å². The van der Waals surface area contributed by atoms with Crippen LogP contribution in [0.3, 0.4) is 0 Å². The van der Waals surface area contributed by atoms with Crippen molar-refractivity contribution in [2.75, 3.05) is 5.73 Å². The molecule has 0 saturated carbocycles. The number of benzene rings is 2. The van der Waals surface area contributed by atoms with Crippen LogP contribution in [0.25, 0.3) is 22.4 Å². The average Bonchev–Trinajstić information content (AvgIpc) is 2.69. The Balaban J connectivity index is 2.30. The van der Waals surface area contributed by atoms with Crippen molar-refractivity contribution in [3.8, 4) is 11.4 Å². The first-order chi connectivity index (χ1) is 9.06. The molecule has 0 amide bonds. The lowest BCUT2D eigenvalue weighted by Crippen LogP contribution is -1.96. The maximum atomic E-state index is 6.05. The van der Waals surface area contributed by atoms with Gasteiger partial charge < -0.3 is 10.3 Å². The van der Waals surface area contributed by atoms with Crippen LogP contribution in [0.15, 0.2) is 36.4 Å². The number of hydrogen-bond acceptors (Lipinski definition) is 2. The molecule has 3 rings (SSSR count). The van der Waals surface area contributed by atoms with E-state index in [0.717, 1.165) is 22.4 Å². The van der Waals surface area contributed by atoms with Gasteiger partial charge in [-0.3, -0.25) is 0 Å². The first-order valence-electron chi connectivity index (χ1n) is 6.05. The molecule has 0 saturated heterocycles. The van der Waals surface area contributed by atoms with Crippen LogP contribution >= 0.6 is 11.6 Å². The van der Waals surface area contributed by atoms with Gasteiger partial charge in [0.25, 0.3) is 0 Å². The Morgan fingerprint density at radius 1 is 1.16 bits per heavy atom. The van der Waals surface area contributed by atoms with E-state index >= 15 is 0 Å². The molecule has 0 spiro atoms. The summed E-state index contributed by atoms with van der Waals surface area (Å²) in [6, 6.07) is 11.7. The van der Waals surface area contributed by atoms with Gasteiger partial charge in [0.05, 0.1) is 11.0 Å². The van der Waals surface area contributed by atoms with Crippen molar-refractivity contribution in [2.24, 2.45) is 7.05 Å². The zero-order chi connectivity index (χ0) is 13.6. The second-order valence-corrected chi connectivity index (χ2v) is 5.15. The van der Waals surface area contributed by atoms with Crippen LogP contribution in [0.2, 0.25) is 5.02 Å². The van der Waals surface area contributed by atoms with Crippen LogP contribution in [0.4, 0.5) is 5.69 Å².